The topological polar surface area (TPSA) is 112 Å². The molecule has 4 heterocycles. The number of halogens is 1. The molecule has 6 rings (SSSR count). The number of hydrogen-bond donors (Lipinski definition) is 2. The van der Waals surface area contributed by atoms with E-state index in [-0.39, 0.29) is 23.4 Å². The van der Waals surface area contributed by atoms with E-state index < -0.39 is 15.9 Å². The summed E-state index contributed by atoms with van der Waals surface area (Å²) in [4.78, 5) is 18.2. The quantitative estimate of drug-likeness (QED) is 0.512. The number of anilines is 2. The van der Waals surface area contributed by atoms with Crippen LogP contribution in [0.1, 0.15) is 29.9 Å². The number of aliphatic hydroxyl groups is 1. The first-order valence-electron chi connectivity index (χ1n) is 12.4. The summed E-state index contributed by atoms with van der Waals surface area (Å²) in [6.45, 7) is 2.91. The Morgan fingerprint density at radius 3 is 2.58 bits per heavy atom. The average Bonchev–Trinajstić information content (AvgIpc) is 3.66. The zero-order valence-corrected chi connectivity index (χ0v) is 20.7. The minimum Gasteiger partial charge on any atom is -0.390 e. The maximum absolute atomic E-state index is 14.5. The van der Waals surface area contributed by atoms with Crippen LogP contribution in [-0.4, -0.2) is 83.2 Å². The molecule has 2 aliphatic heterocycles. The molecule has 1 aliphatic carbocycles. The van der Waals surface area contributed by atoms with Gasteiger partial charge in [0, 0.05) is 38.9 Å². The van der Waals surface area contributed by atoms with Gasteiger partial charge in [0.1, 0.15) is 11.3 Å². The minimum absolute atomic E-state index is 0.00313. The molecular formula is C25H29FN6O3S. The van der Waals surface area contributed by atoms with Gasteiger partial charge < -0.3 is 15.3 Å². The summed E-state index contributed by atoms with van der Waals surface area (Å²) in [5, 5.41) is 13.6. The second kappa shape index (κ2) is 9.20. The molecule has 1 saturated carbocycles. The number of fused-ring (bicyclic) bond motifs is 1. The molecule has 3 aliphatic rings. The smallest absolute Gasteiger partial charge is 0.225 e. The molecule has 0 bridgehead atoms. The Morgan fingerprint density at radius 1 is 1.06 bits per heavy atom. The van der Waals surface area contributed by atoms with Gasteiger partial charge in [-0.05, 0) is 48.1 Å². The first kappa shape index (κ1) is 23.5. The van der Waals surface area contributed by atoms with Gasteiger partial charge in [0.05, 0.1) is 29.2 Å². The minimum atomic E-state index is -3.20. The van der Waals surface area contributed by atoms with Crippen molar-refractivity contribution in [2.24, 2.45) is 0 Å². The van der Waals surface area contributed by atoms with Crippen LogP contribution in [0.4, 0.5) is 16.2 Å². The molecule has 190 valence electrons. The Hall–Kier alpha value is -2.89. The number of nitrogens with zero attached hydrogens (tertiary/aromatic N) is 5. The van der Waals surface area contributed by atoms with Gasteiger partial charge in [-0.3, -0.25) is 9.88 Å². The SMILES string of the molecule is O=S1(=O)CC(O)C(N2CCN(c3nc(NCc4cccc(F)c4C4CC4)nc4cccnc34)CC2)C1. The van der Waals surface area contributed by atoms with Gasteiger partial charge in [-0.2, -0.15) is 4.98 Å². The van der Waals surface area contributed by atoms with Crippen LogP contribution in [0, 0.1) is 5.82 Å². The van der Waals surface area contributed by atoms with Gasteiger partial charge in [0.15, 0.2) is 15.7 Å². The van der Waals surface area contributed by atoms with Gasteiger partial charge in [-0.15, -0.1) is 0 Å². The molecule has 3 fully saturated rings. The fourth-order valence-corrected chi connectivity index (χ4v) is 7.25. The third kappa shape index (κ3) is 4.62. The van der Waals surface area contributed by atoms with Crippen LogP contribution in [0.5, 0.6) is 0 Å². The van der Waals surface area contributed by atoms with Crippen molar-refractivity contribution in [3.8, 4) is 0 Å². The van der Waals surface area contributed by atoms with Crippen LogP contribution in [0.15, 0.2) is 36.5 Å². The van der Waals surface area contributed by atoms with Gasteiger partial charge in [0.25, 0.3) is 0 Å². The Labute approximate surface area is 209 Å². The maximum atomic E-state index is 14.5. The van der Waals surface area contributed by atoms with Gasteiger partial charge >= 0.3 is 0 Å². The van der Waals surface area contributed by atoms with Crippen molar-refractivity contribution < 1.29 is 17.9 Å². The zero-order chi connectivity index (χ0) is 24.9. The number of sulfone groups is 1. The van der Waals surface area contributed by atoms with Gasteiger partial charge in [0.2, 0.25) is 5.95 Å². The molecule has 11 heteroatoms. The van der Waals surface area contributed by atoms with Crippen LogP contribution in [-0.2, 0) is 16.4 Å². The Morgan fingerprint density at radius 2 is 1.86 bits per heavy atom. The Balaban J connectivity index is 1.22. The highest BCUT2D eigenvalue weighted by atomic mass is 32.2. The maximum Gasteiger partial charge on any atom is 0.225 e. The van der Waals surface area contributed by atoms with Crippen molar-refractivity contribution in [2.75, 3.05) is 47.9 Å². The van der Waals surface area contributed by atoms with Crippen molar-refractivity contribution in [3.05, 3.63) is 53.5 Å². The molecular weight excluding hydrogens is 483 g/mol. The van der Waals surface area contributed by atoms with E-state index in [4.69, 9.17) is 4.98 Å². The number of nitrogens with one attached hydrogen (secondary N) is 1. The number of rotatable bonds is 6. The van der Waals surface area contributed by atoms with Crippen molar-refractivity contribution >= 4 is 32.6 Å². The third-order valence-corrected chi connectivity index (χ3v) is 9.08. The number of aliphatic hydroxyl groups excluding tert-OH is 1. The van der Waals surface area contributed by atoms with E-state index in [1.165, 1.54) is 6.07 Å². The van der Waals surface area contributed by atoms with Gasteiger partial charge in [-0.1, -0.05) is 12.1 Å². The fraction of sp³-hybridized carbons (Fsp3) is 0.480. The summed E-state index contributed by atoms with van der Waals surface area (Å²) < 4.78 is 38.4. The zero-order valence-electron chi connectivity index (χ0n) is 19.8. The molecule has 2 aromatic heterocycles. The van der Waals surface area contributed by atoms with Crippen molar-refractivity contribution in [3.63, 3.8) is 0 Å². The summed E-state index contributed by atoms with van der Waals surface area (Å²) in [5.74, 6) is 1.15. The normalized spacial score (nSPS) is 24.3. The first-order valence-corrected chi connectivity index (χ1v) is 14.2. The highest BCUT2D eigenvalue weighted by molar-refractivity contribution is 7.91. The van der Waals surface area contributed by atoms with Crippen LogP contribution < -0.4 is 10.2 Å². The molecule has 0 radical (unpaired) electrons. The lowest BCUT2D eigenvalue weighted by molar-refractivity contribution is 0.0792. The van der Waals surface area contributed by atoms with Crippen LogP contribution >= 0.6 is 0 Å². The summed E-state index contributed by atoms with van der Waals surface area (Å²) in [7, 11) is -3.20. The standard InChI is InChI=1S/C25H29FN6O3S/c26-18-4-1-3-17(22(18)16-6-7-16)13-28-25-29-19-5-2-8-27-23(19)24(30-25)32-11-9-31(10-12-32)20-14-36(34,35)15-21(20)33/h1-5,8,16,20-21,33H,6-7,9-15H2,(H,28,29,30). The highest BCUT2D eigenvalue weighted by Crippen LogP contribution is 2.43. The average molecular weight is 513 g/mol. The number of benzene rings is 1. The van der Waals surface area contributed by atoms with Crippen molar-refractivity contribution in [1.82, 2.24) is 19.9 Å². The van der Waals surface area contributed by atoms with Crippen LogP contribution in [0.2, 0.25) is 0 Å². The summed E-state index contributed by atoms with van der Waals surface area (Å²) in [6.07, 6.45) is 2.91. The van der Waals surface area contributed by atoms with Crippen molar-refractivity contribution in [2.45, 2.75) is 37.5 Å². The molecule has 36 heavy (non-hydrogen) atoms. The Bertz CT molecular complexity index is 1390. The lowest BCUT2D eigenvalue weighted by atomic mass is 10.0. The molecule has 0 amide bonds. The molecule has 3 aromatic rings. The second-order valence-corrected chi connectivity index (χ2v) is 12.1. The Kier molecular flexibility index (Phi) is 6.01. The number of aromatic nitrogens is 3. The van der Waals surface area contributed by atoms with E-state index in [1.54, 1.807) is 12.3 Å². The number of piperazine rings is 1. The van der Waals surface area contributed by atoms with Crippen molar-refractivity contribution in [1.29, 1.82) is 0 Å². The molecule has 9 nitrogen and oxygen atoms in total. The highest BCUT2D eigenvalue weighted by Gasteiger charge is 2.41. The number of pyridine rings is 1. The molecule has 2 unspecified atom stereocenters. The molecule has 2 atom stereocenters. The fourth-order valence-electron chi connectivity index (χ4n) is 5.42. The summed E-state index contributed by atoms with van der Waals surface area (Å²) in [5.41, 5.74) is 3.13. The predicted octanol–water partition coefficient (Wildman–Crippen LogP) is 1.93. The van der Waals surface area contributed by atoms with Crippen LogP contribution in [0.3, 0.4) is 0 Å². The molecule has 1 aromatic carbocycles. The van der Waals surface area contributed by atoms with E-state index in [9.17, 15) is 17.9 Å². The first-order chi connectivity index (χ1) is 17.4. The lowest BCUT2D eigenvalue weighted by Crippen LogP contribution is -2.53. The largest absolute Gasteiger partial charge is 0.390 e. The summed E-state index contributed by atoms with van der Waals surface area (Å²) in [6, 6.07) is 8.58. The van der Waals surface area contributed by atoms with E-state index in [0.717, 1.165) is 24.0 Å². The van der Waals surface area contributed by atoms with Crippen LogP contribution in [0.25, 0.3) is 11.0 Å². The summed E-state index contributed by atoms with van der Waals surface area (Å²) >= 11 is 0. The van der Waals surface area contributed by atoms with E-state index in [0.29, 0.717) is 61.4 Å². The third-order valence-electron chi connectivity index (χ3n) is 7.38. The molecule has 2 saturated heterocycles. The van der Waals surface area contributed by atoms with E-state index >= 15 is 0 Å². The second-order valence-electron chi connectivity index (χ2n) is 9.92. The molecule has 0 spiro atoms. The predicted molar refractivity (Wildman–Crippen MR) is 135 cm³/mol. The monoisotopic (exact) mass is 512 g/mol. The van der Waals surface area contributed by atoms with Gasteiger partial charge in [-0.25, -0.2) is 17.8 Å². The van der Waals surface area contributed by atoms with E-state index in [1.807, 2.05) is 18.2 Å². The lowest BCUT2D eigenvalue weighted by Gasteiger charge is -2.39. The van der Waals surface area contributed by atoms with E-state index in [2.05, 4.69) is 25.1 Å². The number of hydrogen-bond acceptors (Lipinski definition) is 9. The molecule has 2 N–H and O–H groups in total.